The fourth-order valence-electron chi connectivity index (χ4n) is 3.80. The Morgan fingerprint density at radius 3 is 2.53 bits per heavy atom. The Labute approximate surface area is 209 Å². The first kappa shape index (κ1) is 25.4. The van der Waals surface area contributed by atoms with E-state index in [-0.39, 0.29) is 11.7 Å². The zero-order valence-electron chi connectivity index (χ0n) is 19.8. The van der Waals surface area contributed by atoms with E-state index in [2.05, 4.69) is 4.98 Å². The van der Waals surface area contributed by atoms with Crippen LogP contribution in [0.15, 0.2) is 67.0 Å². The van der Waals surface area contributed by atoms with Crippen molar-refractivity contribution >= 4 is 27.3 Å². The quantitative estimate of drug-likeness (QED) is 0.415. The summed E-state index contributed by atoms with van der Waals surface area (Å²) in [5.74, 6) is 0.287. The Morgan fingerprint density at radius 1 is 1.17 bits per heavy atom. The number of pyridine rings is 1. The zero-order chi connectivity index (χ0) is 25.7. The number of carbonyl (C=O) groups is 1. The van der Waals surface area contributed by atoms with E-state index in [1.807, 2.05) is 4.72 Å². The van der Waals surface area contributed by atoms with Crippen molar-refractivity contribution in [2.24, 2.45) is 0 Å². The molecule has 0 aliphatic carbocycles. The van der Waals surface area contributed by atoms with E-state index >= 15 is 0 Å². The van der Waals surface area contributed by atoms with Gasteiger partial charge in [-0.3, -0.25) is 9.78 Å². The topological polar surface area (TPSA) is 127 Å². The van der Waals surface area contributed by atoms with Crippen LogP contribution in [0.1, 0.15) is 28.6 Å². The molecule has 1 saturated heterocycles. The molecule has 4 rings (SSSR count). The van der Waals surface area contributed by atoms with Crippen LogP contribution in [0.4, 0.5) is 11.4 Å². The van der Waals surface area contributed by atoms with Crippen molar-refractivity contribution in [3.05, 3.63) is 78.1 Å². The summed E-state index contributed by atoms with van der Waals surface area (Å²) in [5.41, 5.74) is 1.83. The molecule has 190 valence electrons. The molecule has 3 aromatic rings. The van der Waals surface area contributed by atoms with Gasteiger partial charge in [0.15, 0.2) is 17.7 Å². The fourth-order valence-corrected chi connectivity index (χ4v) is 4.26. The number of amides is 1. The second-order valence-electron chi connectivity index (χ2n) is 8.22. The molecule has 0 bridgehead atoms. The van der Waals surface area contributed by atoms with Gasteiger partial charge in [0.25, 0.3) is 5.91 Å². The SMILES string of the molecule is COc1ccc(N(c2ccc(C(=O)NS(C)(=O)=O)cc2)C(O)c2cccnc2)cc1O[C@@H]1CCOC1. The minimum absolute atomic E-state index is 0.113. The van der Waals surface area contributed by atoms with Gasteiger partial charge in [0.2, 0.25) is 10.0 Å². The number of hydrogen-bond acceptors (Lipinski definition) is 9. The molecule has 36 heavy (non-hydrogen) atoms. The fraction of sp³-hybridized carbons (Fsp3) is 0.280. The maximum absolute atomic E-state index is 12.2. The van der Waals surface area contributed by atoms with Crippen molar-refractivity contribution in [2.45, 2.75) is 18.8 Å². The van der Waals surface area contributed by atoms with Gasteiger partial charge < -0.3 is 24.2 Å². The predicted octanol–water partition coefficient (Wildman–Crippen LogP) is 2.78. The molecule has 0 spiro atoms. The van der Waals surface area contributed by atoms with Crippen LogP contribution >= 0.6 is 0 Å². The third-order valence-electron chi connectivity index (χ3n) is 5.52. The van der Waals surface area contributed by atoms with Crippen LogP contribution in [0, 0.1) is 0 Å². The Morgan fingerprint density at radius 2 is 1.92 bits per heavy atom. The third-order valence-corrected chi connectivity index (χ3v) is 6.08. The minimum Gasteiger partial charge on any atom is -0.493 e. The largest absolute Gasteiger partial charge is 0.493 e. The molecule has 1 unspecified atom stereocenters. The lowest BCUT2D eigenvalue weighted by atomic mass is 10.1. The van der Waals surface area contributed by atoms with Crippen LogP contribution < -0.4 is 19.1 Å². The highest BCUT2D eigenvalue weighted by atomic mass is 32.2. The number of carbonyl (C=O) groups excluding carboxylic acids is 1. The van der Waals surface area contributed by atoms with Crippen molar-refractivity contribution in [2.75, 3.05) is 31.5 Å². The first-order valence-electron chi connectivity index (χ1n) is 11.2. The molecular formula is C25H27N3O7S. The number of anilines is 2. The molecule has 0 radical (unpaired) electrons. The number of nitrogens with one attached hydrogen (secondary N) is 1. The van der Waals surface area contributed by atoms with Gasteiger partial charge in [-0.2, -0.15) is 0 Å². The van der Waals surface area contributed by atoms with E-state index in [1.165, 1.54) is 12.1 Å². The third kappa shape index (κ3) is 6.11. The maximum atomic E-state index is 12.2. The summed E-state index contributed by atoms with van der Waals surface area (Å²) in [4.78, 5) is 18.0. The number of ether oxygens (including phenoxy) is 3. The summed E-state index contributed by atoms with van der Waals surface area (Å²) >= 11 is 0. The molecule has 1 fully saturated rings. The Kier molecular flexibility index (Phi) is 7.73. The number of benzene rings is 2. The van der Waals surface area contributed by atoms with Crippen molar-refractivity contribution in [3.63, 3.8) is 0 Å². The van der Waals surface area contributed by atoms with Crippen LogP contribution in [0.25, 0.3) is 0 Å². The van der Waals surface area contributed by atoms with Gasteiger partial charge in [-0.1, -0.05) is 6.07 Å². The highest BCUT2D eigenvalue weighted by Gasteiger charge is 2.24. The van der Waals surface area contributed by atoms with Gasteiger partial charge in [0.05, 0.1) is 26.6 Å². The van der Waals surface area contributed by atoms with E-state index in [0.717, 1.165) is 12.7 Å². The molecule has 1 amide bonds. The molecular weight excluding hydrogens is 486 g/mol. The van der Waals surface area contributed by atoms with E-state index in [4.69, 9.17) is 14.2 Å². The van der Waals surface area contributed by atoms with Crippen molar-refractivity contribution < 1.29 is 32.5 Å². The summed E-state index contributed by atoms with van der Waals surface area (Å²) in [6.07, 6.45) is 3.59. The number of aliphatic hydroxyl groups is 1. The van der Waals surface area contributed by atoms with Gasteiger partial charge in [0.1, 0.15) is 6.10 Å². The highest BCUT2D eigenvalue weighted by molar-refractivity contribution is 7.89. The first-order valence-corrected chi connectivity index (χ1v) is 13.1. The smallest absolute Gasteiger partial charge is 0.264 e. The monoisotopic (exact) mass is 513 g/mol. The van der Waals surface area contributed by atoms with Gasteiger partial charge >= 0.3 is 0 Å². The average molecular weight is 514 g/mol. The van der Waals surface area contributed by atoms with E-state index in [9.17, 15) is 18.3 Å². The minimum atomic E-state index is -3.70. The Balaban J connectivity index is 1.72. The van der Waals surface area contributed by atoms with Crippen LogP contribution in [0.5, 0.6) is 11.5 Å². The summed E-state index contributed by atoms with van der Waals surface area (Å²) in [5, 5.41) is 11.4. The Hall–Kier alpha value is -3.67. The standard InChI is InChI=1S/C25H27N3O7S/c1-33-22-10-9-20(14-23(22)35-21-11-13-34-16-21)28(25(30)18-4-3-12-26-15-18)19-7-5-17(6-8-19)24(29)27-36(2,31)32/h3-10,12,14-15,21,25,30H,11,13,16H2,1-2H3,(H,27,29)/t21-,25?/m1/s1. The molecule has 1 aliphatic heterocycles. The van der Waals surface area contributed by atoms with Crippen molar-refractivity contribution in [1.29, 1.82) is 0 Å². The van der Waals surface area contributed by atoms with Crippen LogP contribution in [-0.2, 0) is 14.8 Å². The van der Waals surface area contributed by atoms with Gasteiger partial charge in [-0.25, -0.2) is 13.1 Å². The highest BCUT2D eigenvalue weighted by Crippen LogP contribution is 2.39. The molecule has 2 atom stereocenters. The number of methoxy groups -OCH3 is 1. The lowest BCUT2D eigenvalue weighted by Gasteiger charge is -2.31. The second-order valence-corrected chi connectivity index (χ2v) is 9.97. The summed E-state index contributed by atoms with van der Waals surface area (Å²) in [6, 6.07) is 15.0. The summed E-state index contributed by atoms with van der Waals surface area (Å²) in [7, 11) is -2.15. The normalized spacial score (nSPS) is 16.2. The average Bonchev–Trinajstić information content (AvgIpc) is 3.37. The number of aliphatic hydroxyl groups excluding tert-OH is 1. The van der Waals surface area contributed by atoms with Crippen LogP contribution in [0.2, 0.25) is 0 Å². The van der Waals surface area contributed by atoms with E-state index < -0.39 is 22.2 Å². The zero-order valence-corrected chi connectivity index (χ0v) is 20.6. The molecule has 1 aromatic heterocycles. The number of nitrogens with zero attached hydrogens (tertiary/aromatic N) is 2. The second kappa shape index (κ2) is 10.9. The van der Waals surface area contributed by atoms with Crippen molar-refractivity contribution in [1.82, 2.24) is 9.71 Å². The molecule has 2 heterocycles. The molecule has 0 saturated carbocycles. The number of aromatic nitrogens is 1. The molecule has 1 aliphatic rings. The van der Waals surface area contributed by atoms with Crippen LogP contribution in [-0.4, -0.2) is 57.1 Å². The van der Waals surface area contributed by atoms with Gasteiger partial charge in [-0.05, 0) is 42.5 Å². The first-order chi connectivity index (χ1) is 17.2. The number of hydrogen-bond donors (Lipinski definition) is 2. The Bertz CT molecular complexity index is 1290. The van der Waals surface area contributed by atoms with E-state index in [0.29, 0.717) is 41.7 Å². The van der Waals surface area contributed by atoms with Gasteiger partial charge in [-0.15, -0.1) is 0 Å². The maximum Gasteiger partial charge on any atom is 0.264 e. The van der Waals surface area contributed by atoms with Crippen LogP contribution in [0.3, 0.4) is 0 Å². The van der Waals surface area contributed by atoms with E-state index in [1.54, 1.807) is 66.9 Å². The number of sulfonamides is 1. The lowest BCUT2D eigenvalue weighted by molar-refractivity contribution is 0.0981. The molecule has 10 nitrogen and oxygen atoms in total. The summed E-state index contributed by atoms with van der Waals surface area (Å²) in [6.45, 7) is 1.10. The molecule has 2 N–H and O–H groups in total. The predicted molar refractivity (Wildman–Crippen MR) is 133 cm³/mol. The molecule has 11 heteroatoms. The summed E-state index contributed by atoms with van der Waals surface area (Å²) < 4.78 is 41.8. The molecule has 2 aromatic carbocycles. The number of rotatable bonds is 9. The van der Waals surface area contributed by atoms with Gasteiger partial charge in [0, 0.05) is 47.4 Å². The lowest BCUT2D eigenvalue weighted by Crippen LogP contribution is -2.29. The van der Waals surface area contributed by atoms with Crippen molar-refractivity contribution in [3.8, 4) is 11.5 Å².